The van der Waals surface area contributed by atoms with Crippen LogP contribution in [0.4, 0.5) is 0 Å². The summed E-state index contributed by atoms with van der Waals surface area (Å²) in [6.07, 6.45) is 3.36. The molecule has 0 unspecified atom stereocenters. The zero-order valence-electron chi connectivity index (χ0n) is 35.8. The van der Waals surface area contributed by atoms with Crippen LogP contribution in [0.25, 0.3) is 11.0 Å². The molecule has 1 aromatic heterocycles. The number of methoxy groups -OCH3 is 1. The first-order valence-corrected chi connectivity index (χ1v) is 21.7. The fourth-order valence-electron chi connectivity index (χ4n) is 9.01. The van der Waals surface area contributed by atoms with Crippen LogP contribution in [0.3, 0.4) is 0 Å². The minimum absolute atomic E-state index is 0.0569. The number of carbonyl (C=O) groups is 2. The van der Waals surface area contributed by atoms with E-state index in [1.54, 1.807) is 13.2 Å². The molecule has 9 nitrogen and oxygen atoms in total. The van der Waals surface area contributed by atoms with Gasteiger partial charge in [0.15, 0.2) is 12.2 Å². The molecule has 4 heterocycles. The van der Waals surface area contributed by atoms with E-state index in [-0.39, 0.29) is 31.1 Å². The molecule has 0 aliphatic carbocycles. The van der Waals surface area contributed by atoms with Crippen molar-refractivity contribution < 1.29 is 38.1 Å². The van der Waals surface area contributed by atoms with Crippen LogP contribution in [-0.4, -0.2) is 49.1 Å². The number of ether oxygens (including phenoxy) is 4. The molecule has 320 valence electrons. The van der Waals surface area contributed by atoms with Gasteiger partial charge in [-0.25, -0.2) is 9.59 Å². The summed E-state index contributed by atoms with van der Waals surface area (Å²) in [7, 11) is 1.55. The summed E-state index contributed by atoms with van der Waals surface area (Å²) >= 11 is 0. The first-order chi connectivity index (χ1) is 29.5. The van der Waals surface area contributed by atoms with Crippen LogP contribution in [0.15, 0.2) is 123 Å². The third-order valence-corrected chi connectivity index (χ3v) is 12.4. The highest BCUT2D eigenvalue weighted by Gasteiger charge is 2.52. The van der Waals surface area contributed by atoms with Crippen molar-refractivity contribution in [3.05, 3.63) is 158 Å². The van der Waals surface area contributed by atoms with Gasteiger partial charge in [-0.1, -0.05) is 90.5 Å². The van der Waals surface area contributed by atoms with Gasteiger partial charge in [0, 0.05) is 42.6 Å². The topological polar surface area (TPSA) is 122 Å². The average Bonchev–Trinajstić information content (AvgIpc) is 3.24. The molecular formula is C52H58O9. The van der Waals surface area contributed by atoms with Gasteiger partial charge < -0.3 is 28.5 Å². The second kappa shape index (κ2) is 19.9. The smallest absolute Gasteiger partial charge is 0.339 e. The summed E-state index contributed by atoms with van der Waals surface area (Å²) in [6, 6.07) is 34.3. The summed E-state index contributed by atoms with van der Waals surface area (Å²) in [5.41, 5.74) is 5.11. The first kappa shape index (κ1) is 43.6. The molecule has 0 fully saturated rings. The maximum Gasteiger partial charge on any atom is 0.339 e. The van der Waals surface area contributed by atoms with Gasteiger partial charge in [-0.2, -0.15) is 0 Å². The number of allylic oxidation sites excluding steroid dienone is 1. The van der Waals surface area contributed by atoms with Crippen molar-refractivity contribution in [3.8, 4) is 5.75 Å². The van der Waals surface area contributed by atoms with Gasteiger partial charge in [0.1, 0.15) is 16.9 Å². The lowest BCUT2D eigenvalue weighted by molar-refractivity contribution is -0.192. The fraction of sp³-hybridized carbons (Fsp3) is 0.404. The number of carbonyl (C=O) groups excluding carboxylic acids is 2. The Labute approximate surface area is 358 Å². The Morgan fingerprint density at radius 1 is 0.836 bits per heavy atom. The predicted octanol–water partition coefficient (Wildman–Crippen LogP) is 9.74. The van der Waals surface area contributed by atoms with Crippen molar-refractivity contribution in [1.82, 2.24) is 0 Å². The Kier molecular flexibility index (Phi) is 14.2. The van der Waals surface area contributed by atoms with Crippen LogP contribution in [0.2, 0.25) is 0 Å². The molecule has 0 amide bonds. The molecule has 9 heteroatoms. The standard InChI is InChI=1S/C52H58O9/c1-34(2)42-25-23-37-17-20-38(21-18-37)30-39(22-19-36-14-9-6-10-15-36)31-45(54)58-48-46-44(26-24-40-32-43(51(56)59-47(40)46)41(27-29-53)33-57-4)61-52(3,49(48)60-50(42)55)28-11-16-35-12-7-5-8-13-35/h5-10,12-15,17-18,20-21,24,26,32,39,41,48-49,53H,11,16,19,22-23,25,27-31,33H2,1-4H3/t39-,41+,48-,49-,52-/m0/s1. The fourth-order valence-corrected chi connectivity index (χ4v) is 9.01. The van der Waals surface area contributed by atoms with E-state index in [0.717, 1.165) is 41.5 Å². The van der Waals surface area contributed by atoms with Gasteiger partial charge >= 0.3 is 17.6 Å². The zero-order valence-corrected chi connectivity index (χ0v) is 35.8. The third-order valence-electron chi connectivity index (χ3n) is 12.4. The average molecular weight is 827 g/mol. The molecule has 61 heavy (non-hydrogen) atoms. The summed E-state index contributed by atoms with van der Waals surface area (Å²) < 4.78 is 31.9. The Bertz CT molecular complexity index is 2360. The van der Waals surface area contributed by atoms with Gasteiger partial charge in [0.05, 0.1) is 12.2 Å². The van der Waals surface area contributed by atoms with Crippen molar-refractivity contribution >= 4 is 22.9 Å². The molecule has 4 aromatic carbocycles. The number of hydrogen-bond donors (Lipinski definition) is 1. The Balaban J connectivity index is 1.35. The van der Waals surface area contributed by atoms with Crippen molar-refractivity contribution in [2.24, 2.45) is 5.92 Å². The number of rotatable bonds is 12. The Hall–Kier alpha value is -5.51. The molecule has 0 spiro atoms. The lowest BCUT2D eigenvalue weighted by Gasteiger charge is -2.45. The van der Waals surface area contributed by atoms with Gasteiger partial charge in [-0.15, -0.1) is 0 Å². The second-order valence-corrected chi connectivity index (χ2v) is 17.1. The summed E-state index contributed by atoms with van der Waals surface area (Å²) in [4.78, 5) is 43.1. The van der Waals surface area contributed by atoms with Crippen LogP contribution in [0.1, 0.15) is 105 Å². The molecule has 0 radical (unpaired) electrons. The third kappa shape index (κ3) is 10.5. The number of esters is 2. The minimum Gasteiger partial charge on any atom is -0.483 e. The van der Waals surface area contributed by atoms with Gasteiger partial charge in [-0.05, 0) is 125 Å². The highest BCUT2D eigenvalue weighted by Crippen LogP contribution is 2.49. The van der Waals surface area contributed by atoms with E-state index in [0.29, 0.717) is 66.4 Å². The first-order valence-electron chi connectivity index (χ1n) is 21.7. The lowest BCUT2D eigenvalue weighted by Crippen LogP contribution is -2.54. The van der Waals surface area contributed by atoms with E-state index < -0.39 is 41.3 Å². The van der Waals surface area contributed by atoms with E-state index in [1.165, 1.54) is 5.56 Å². The van der Waals surface area contributed by atoms with E-state index in [9.17, 15) is 19.5 Å². The van der Waals surface area contributed by atoms with Gasteiger partial charge in [0.2, 0.25) is 0 Å². The van der Waals surface area contributed by atoms with E-state index in [1.807, 2.05) is 69.3 Å². The van der Waals surface area contributed by atoms with Gasteiger partial charge in [-0.3, -0.25) is 4.79 Å². The van der Waals surface area contributed by atoms with Crippen molar-refractivity contribution in [1.29, 1.82) is 0 Å². The van der Waals surface area contributed by atoms with E-state index in [2.05, 4.69) is 48.5 Å². The molecule has 8 rings (SSSR count). The number of aryl methyl sites for hydroxylation is 3. The van der Waals surface area contributed by atoms with E-state index in [4.69, 9.17) is 23.4 Å². The number of benzene rings is 4. The molecular weight excluding hydrogens is 769 g/mol. The minimum atomic E-state index is -1.17. The predicted molar refractivity (Wildman–Crippen MR) is 236 cm³/mol. The Morgan fingerprint density at radius 3 is 2.20 bits per heavy atom. The molecule has 5 atom stereocenters. The van der Waals surface area contributed by atoms with Crippen molar-refractivity contribution in [2.75, 3.05) is 20.3 Å². The van der Waals surface area contributed by atoms with Crippen molar-refractivity contribution in [3.63, 3.8) is 0 Å². The van der Waals surface area contributed by atoms with Crippen LogP contribution in [0.5, 0.6) is 5.75 Å². The normalized spacial score (nSPS) is 21.2. The van der Waals surface area contributed by atoms with Crippen molar-refractivity contribution in [2.45, 2.75) is 109 Å². The largest absolute Gasteiger partial charge is 0.483 e. The number of fused-ring (bicyclic) bond motifs is 13. The quantitative estimate of drug-likeness (QED) is 0.0745. The highest BCUT2D eigenvalue weighted by molar-refractivity contribution is 5.90. The second-order valence-electron chi connectivity index (χ2n) is 17.1. The molecule has 2 bridgehead atoms. The number of aliphatic hydroxyl groups excluding tert-OH is 1. The SMILES string of the molecule is COC[C@@H](CCO)c1cc2ccc3c(c2oc1=O)[C@@H]1OC(=O)C[C@@H](CCc2ccccc2)Cc2ccc(cc2)CCC(=C(C)C)C(=O)O[C@@H]1[C@](C)(CCCc1ccccc1)O3. The molecule has 1 N–H and O–H groups in total. The van der Waals surface area contributed by atoms with Crippen LogP contribution in [-0.2, 0) is 49.5 Å². The van der Waals surface area contributed by atoms with Crippen LogP contribution < -0.4 is 10.4 Å². The molecule has 0 saturated heterocycles. The molecule has 3 aliphatic heterocycles. The maximum atomic E-state index is 14.6. The Morgan fingerprint density at radius 2 is 1.52 bits per heavy atom. The van der Waals surface area contributed by atoms with E-state index >= 15 is 0 Å². The summed E-state index contributed by atoms with van der Waals surface area (Å²) in [5, 5.41) is 10.4. The lowest BCUT2D eigenvalue weighted by atomic mass is 9.82. The molecule has 3 aliphatic rings. The van der Waals surface area contributed by atoms with Crippen LogP contribution >= 0.6 is 0 Å². The van der Waals surface area contributed by atoms with Crippen LogP contribution in [0, 0.1) is 5.92 Å². The molecule has 0 saturated carbocycles. The summed E-state index contributed by atoms with van der Waals surface area (Å²) in [5.74, 6) is -1.03. The van der Waals surface area contributed by atoms with Gasteiger partial charge in [0.25, 0.3) is 0 Å². The zero-order chi connectivity index (χ0) is 42.9. The summed E-state index contributed by atoms with van der Waals surface area (Å²) in [6.45, 7) is 5.81. The number of hydrogen-bond acceptors (Lipinski definition) is 9. The maximum absolute atomic E-state index is 14.6. The highest BCUT2D eigenvalue weighted by atomic mass is 16.6. The number of aliphatic hydroxyl groups is 1. The monoisotopic (exact) mass is 826 g/mol. The molecule has 5 aromatic rings.